The summed E-state index contributed by atoms with van der Waals surface area (Å²) in [6, 6.07) is 5.39. The first-order valence-electron chi connectivity index (χ1n) is 15.4. The predicted molar refractivity (Wildman–Crippen MR) is 159 cm³/mol. The molecule has 3 amide bonds. The molecule has 4 fully saturated rings. The molecule has 6 rings (SSSR count). The first-order valence-corrected chi connectivity index (χ1v) is 15.4. The average molecular weight is 581 g/mol. The van der Waals surface area contributed by atoms with E-state index in [9.17, 15) is 19.2 Å². The van der Waals surface area contributed by atoms with Crippen LogP contribution in [0.4, 0.5) is 10.5 Å². The molecule has 4 saturated heterocycles. The van der Waals surface area contributed by atoms with Crippen molar-refractivity contribution >= 4 is 34.6 Å². The van der Waals surface area contributed by atoms with Crippen LogP contribution in [0.5, 0.6) is 0 Å². The maximum atomic E-state index is 13.1. The molecule has 42 heavy (non-hydrogen) atoms. The lowest BCUT2D eigenvalue weighted by Gasteiger charge is -2.55. The van der Waals surface area contributed by atoms with Gasteiger partial charge in [0.25, 0.3) is 0 Å². The highest BCUT2D eigenvalue weighted by Gasteiger charge is 2.45. The molecule has 2 aromatic rings. The summed E-state index contributed by atoms with van der Waals surface area (Å²) in [5.74, 6) is -0.0707. The molecule has 0 bridgehead atoms. The fraction of sp³-hybridized carbons (Fsp3) is 0.677. The molecular weight excluding hydrogens is 536 g/mol. The number of aryl methyl sites for hydroxylation is 1. The van der Waals surface area contributed by atoms with Gasteiger partial charge < -0.3 is 19.4 Å². The summed E-state index contributed by atoms with van der Waals surface area (Å²) in [7, 11) is 1.74. The van der Waals surface area contributed by atoms with Gasteiger partial charge in [-0.3, -0.25) is 24.0 Å². The molecule has 228 valence electrons. The Morgan fingerprint density at radius 3 is 2.33 bits per heavy atom. The number of carbonyl (C=O) groups excluding carboxylic acids is 3. The molecule has 1 unspecified atom stereocenters. The summed E-state index contributed by atoms with van der Waals surface area (Å²) < 4.78 is 8.68. The molecule has 4 aliphatic heterocycles. The Morgan fingerprint density at radius 1 is 1.00 bits per heavy atom. The molecular formula is C31H44N6O5. The van der Waals surface area contributed by atoms with E-state index in [-0.39, 0.29) is 24.1 Å². The molecule has 11 nitrogen and oxygen atoms in total. The van der Waals surface area contributed by atoms with Gasteiger partial charge in [0, 0.05) is 57.3 Å². The summed E-state index contributed by atoms with van der Waals surface area (Å²) in [6.07, 6.45) is 4.82. The number of benzene rings is 1. The minimum absolute atomic E-state index is 0.191. The molecule has 0 saturated carbocycles. The van der Waals surface area contributed by atoms with E-state index in [0.29, 0.717) is 17.8 Å². The first kappa shape index (κ1) is 28.8. The molecule has 0 aliphatic carbocycles. The summed E-state index contributed by atoms with van der Waals surface area (Å²) in [5, 5.41) is 2.37. The number of likely N-dealkylation sites (tertiary alicyclic amines) is 2. The predicted octanol–water partition coefficient (Wildman–Crippen LogP) is 2.87. The first-order chi connectivity index (χ1) is 19.9. The number of ether oxygens (including phenoxy) is 1. The Kier molecular flexibility index (Phi) is 7.35. The second-order valence-corrected chi connectivity index (χ2v) is 13.9. The zero-order valence-corrected chi connectivity index (χ0v) is 25.4. The lowest BCUT2D eigenvalue weighted by molar-refractivity contribution is -0.135. The highest BCUT2D eigenvalue weighted by Crippen LogP contribution is 2.43. The number of piperidine rings is 3. The molecule has 4 aliphatic rings. The number of aromatic nitrogens is 2. The van der Waals surface area contributed by atoms with E-state index < -0.39 is 17.6 Å². The topological polar surface area (TPSA) is 109 Å². The van der Waals surface area contributed by atoms with E-state index in [2.05, 4.69) is 27.2 Å². The van der Waals surface area contributed by atoms with Gasteiger partial charge in [0.2, 0.25) is 11.8 Å². The third-order valence-corrected chi connectivity index (χ3v) is 9.71. The number of nitrogens with zero attached hydrogens (tertiary/aromatic N) is 5. The van der Waals surface area contributed by atoms with Gasteiger partial charge in [-0.15, -0.1) is 0 Å². The van der Waals surface area contributed by atoms with Crippen LogP contribution >= 0.6 is 0 Å². The summed E-state index contributed by atoms with van der Waals surface area (Å²) in [4.78, 5) is 56.5. The zero-order chi connectivity index (χ0) is 29.8. The SMILES string of the molecule is Cn1c(=O)n(C2CCC(=O)NC2=O)c2ccc(N3CC4(CCN(CC5CCN(C(=O)OC(C)(C)C)CC5)CC4)C3)cc21. The largest absolute Gasteiger partial charge is 0.444 e. The Labute approximate surface area is 246 Å². The highest BCUT2D eigenvalue weighted by atomic mass is 16.6. The Bertz CT molecular complexity index is 1430. The van der Waals surface area contributed by atoms with Gasteiger partial charge in [-0.25, -0.2) is 9.59 Å². The van der Waals surface area contributed by atoms with Crippen LogP contribution in [0.25, 0.3) is 11.0 Å². The third kappa shape index (κ3) is 5.55. The number of hydrogen-bond acceptors (Lipinski definition) is 7. The fourth-order valence-electron chi connectivity index (χ4n) is 7.24. The quantitative estimate of drug-likeness (QED) is 0.554. The number of imide groups is 1. The minimum atomic E-state index is -0.667. The van der Waals surface area contributed by atoms with Gasteiger partial charge in [-0.1, -0.05) is 0 Å². The van der Waals surface area contributed by atoms with Crippen LogP contribution in [0.3, 0.4) is 0 Å². The van der Waals surface area contributed by atoms with Crippen molar-refractivity contribution in [3.63, 3.8) is 0 Å². The summed E-state index contributed by atoms with van der Waals surface area (Å²) in [6.45, 7) is 12.7. The van der Waals surface area contributed by atoms with Gasteiger partial charge in [0.05, 0.1) is 11.0 Å². The van der Waals surface area contributed by atoms with E-state index >= 15 is 0 Å². The number of imidazole rings is 1. The molecule has 0 radical (unpaired) electrons. The van der Waals surface area contributed by atoms with E-state index in [0.717, 1.165) is 75.4 Å². The van der Waals surface area contributed by atoms with Crippen LogP contribution < -0.4 is 15.9 Å². The maximum Gasteiger partial charge on any atom is 0.410 e. The van der Waals surface area contributed by atoms with E-state index in [1.165, 1.54) is 17.4 Å². The van der Waals surface area contributed by atoms with Crippen LogP contribution in [-0.2, 0) is 21.4 Å². The highest BCUT2D eigenvalue weighted by molar-refractivity contribution is 6.00. The molecule has 5 heterocycles. The smallest absolute Gasteiger partial charge is 0.410 e. The lowest BCUT2D eigenvalue weighted by atomic mass is 9.71. The average Bonchev–Trinajstić information content (AvgIpc) is 3.16. The van der Waals surface area contributed by atoms with Crippen molar-refractivity contribution in [3.05, 3.63) is 28.7 Å². The normalized spacial score (nSPS) is 23.8. The number of anilines is 1. The maximum absolute atomic E-state index is 13.1. The Balaban J connectivity index is 1.01. The van der Waals surface area contributed by atoms with Crippen LogP contribution in [0.15, 0.2) is 23.0 Å². The molecule has 1 N–H and O–H groups in total. The number of amides is 3. The van der Waals surface area contributed by atoms with E-state index in [4.69, 9.17) is 4.74 Å². The van der Waals surface area contributed by atoms with Crippen molar-refractivity contribution in [2.45, 2.75) is 70.9 Å². The molecule has 11 heteroatoms. The summed E-state index contributed by atoms with van der Waals surface area (Å²) >= 11 is 0. The van der Waals surface area contributed by atoms with Crippen molar-refractivity contribution in [2.75, 3.05) is 50.7 Å². The number of carbonyl (C=O) groups is 3. The van der Waals surface area contributed by atoms with Gasteiger partial charge >= 0.3 is 11.8 Å². The van der Waals surface area contributed by atoms with Gasteiger partial charge in [0.1, 0.15) is 11.6 Å². The Morgan fingerprint density at radius 2 is 1.69 bits per heavy atom. The summed E-state index contributed by atoms with van der Waals surface area (Å²) in [5.41, 5.74) is 2.28. The van der Waals surface area contributed by atoms with Gasteiger partial charge in [0.15, 0.2) is 0 Å². The second kappa shape index (κ2) is 10.7. The van der Waals surface area contributed by atoms with E-state index in [1.807, 2.05) is 31.7 Å². The van der Waals surface area contributed by atoms with Crippen molar-refractivity contribution in [1.29, 1.82) is 0 Å². The lowest BCUT2D eigenvalue weighted by Crippen LogP contribution is -2.60. The monoisotopic (exact) mass is 580 g/mol. The third-order valence-electron chi connectivity index (χ3n) is 9.71. The van der Waals surface area contributed by atoms with E-state index in [1.54, 1.807) is 11.6 Å². The number of fused-ring (bicyclic) bond motifs is 1. The van der Waals surface area contributed by atoms with Crippen molar-refractivity contribution in [3.8, 4) is 0 Å². The molecule has 1 aromatic heterocycles. The van der Waals surface area contributed by atoms with Gasteiger partial charge in [-0.05, 0) is 90.1 Å². The number of nitrogens with one attached hydrogen (secondary N) is 1. The zero-order valence-electron chi connectivity index (χ0n) is 25.4. The number of rotatable bonds is 4. The van der Waals surface area contributed by atoms with Crippen molar-refractivity contribution < 1.29 is 19.1 Å². The molecule has 1 spiro atoms. The second-order valence-electron chi connectivity index (χ2n) is 13.9. The van der Waals surface area contributed by atoms with Crippen LogP contribution in [0, 0.1) is 11.3 Å². The Hall–Kier alpha value is -3.34. The van der Waals surface area contributed by atoms with Crippen molar-refractivity contribution in [2.24, 2.45) is 18.4 Å². The molecule has 1 atom stereocenters. The number of hydrogen-bond donors (Lipinski definition) is 1. The minimum Gasteiger partial charge on any atom is -0.444 e. The fourth-order valence-corrected chi connectivity index (χ4v) is 7.24. The molecule has 1 aromatic carbocycles. The van der Waals surface area contributed by atoms with Gasteiger partial charge in [-0.2, -0.15) is 0 Å². The van der Waals surface area contributed by atoms with Crippen molar-refractivity contribution in [1.82, 2.24) is 24.3 Å². The van der Waals surface area contributed by atoms with Crippen LogP contribution in [0.1, 0.15) is 65.3 Å². The standard InChI is InChI=1S/C31H44N6O5/c1-30(2,3)42-29(41)35-13-9-21(10-14-35)18-34-15-11-31(12-16-34)19-36(20-31)22-5-6-23-25(17-22)33(4)28(40)37(23)24-7-8-26(38)32-27(24)39/h5-6,17,21,24H,7-16,18-20H2,1-4H3,(H,32,38,39). The van der Waals surface area contributed by atoms with Crippen LogP contribution in [-0.4, -0.2) is 88.3 Å². The van der Waals surface area contributed by atoms with Crippen LogP contribution in [0.2, 0.25) is 0 Å².